The van der Waals surface area contributed by atoms with Gasteiger partial charge in [0, 0.05) is 45.9 Å². The molecule has 0 bridgehead atoms. The van der Waals surface area contributed by atoms with Crippen molar-refractivity contribution in [2.24, 2.45) is 10.8 Å². The Morgan fingerprint density at radius 1 is 0.833 bits per heavy atom. The first-order chi connectivity index (χ1) is 11.1. The van der Waals surface area contributed by atoms with Crippen LogP contribution in [0.2, 0.25) is 0 Å². The van der Waals surface area contributed by atoms with Crippen LogP contribution in [0.25, 0.3) is 0 Å². The van der Waals surface area contributed by atoms with Crippen LogP contribution in [0.15, 0.2) is 0 Å². The summed E-state index contributed by atoms with van der Waals surface area (Å²) in [4.78, 5) is 16.5. The molecule has 1 aliphatic rings. The van der Waals surface area contributed by atoms with Gasteiger partial charge in [-0.05, 0) is 32.6 Å². The van der Waals surface area contributed by atoms with Crippen LogP contribution in [0, 0.1) is 10.8 Å². The van der Waals surface area contributed by atoms with Gasteiger partial charge in [-0.3, -0.25) is 14.6 Å². The molecule has 0 radical (unpaired) electrons. The smallest absolute Gasteiger partial charge is 0.311 e. The van der Waals surface area contributed by atoms with Crippen molar-refractivity contribution in [3.05, 3.63) is 0 Å². The minimum absolute atomic E-state index is 0.117. The summed E-state index contributed by atoms with van der Waals surface area (Å²) < 4.78 is 11.1. The van der Waals surface area contributed by atoms with Gasteiger partial charge in [-0.2, -0.15) is 0 Å². The molecule has 0 amide bonds. The Labute approximate surface area is 148 Å². The Morgan fingerprint density at radius 3 is 1.79 bits per heavy atom. The number of rotatable bonds is 8. The number of hydrogen-bond donors (Lipinski definition) is 0. The summed E-state index contributed by atoms with van der Waals surface area (Å²) in [5, 5.41) is 0. The quantitative estimate of drug-likeness (QED) is 0.501. The standard InChI is InChI=1S/C19H38N2O3/c1-18(2,3)7-14-23-15-12-20-8-10-21(11-9-20)13-16-24-17(22)19(4,5)6/h7-16H2,1-6H3. The first-order valence-corrected chi connectivity index (χ1v) is 9.28. The summed E-state index contributed by atoms with van der Waals surface area (Å²) in [6.07, 6.45) is 1.11. The van der Waals surface area contributed by atoms with Crippen LogP contribution in [0.1, 0.15) is 48.0 Å². The van der Waals surface area contributed by atoms with Crippen molar-refractivity contribution in [2.75, 3.05) is 59.1 Å². The van der Waals surface area contributed by atoms with Gasteiger partial charge in [0.2, 0.25) is 0 Å². The molecule has 0 unspecified atom stereocenters. The van der Waals surface area contributed by atoms with Crippen molar-refractivity contribution in [3.8, 4) is 0 Å². The zero-order chi connectivity index (χ0) is 18.2. The van der Waals surface area contributed by atoms with Gasteiger partial charge in [0.05, 0.1) is 12.0 Å². The first-order valence-electron chi connectivity index (χ1n) is 9.28. The molecule has 1 saturated heterocycles. The predicted molar refractivity (Wildman–Crippen MR) is 98.2 cm³/mol. The highest BCUT2D eigenvalue weighted by atomic mass is 16.5. The lowest BCUT2D eigenvalue weighted by Gasteiger charge is -2.34. The van der Waals surface area contributed by atoms with E-state index in [1.54, 1.807) is 0 Å². The van der Waals surface area contributed by atoms with E-state index in [0.717, 1.165) is 58.9 Å². The molecular formula is C19H38N2O3. The van der Waals surface area contributed by atoms with Crippen LogP contribution in [-0.4, -0.2) is 74.9 Å². The van der Waals surface area contributed by atoms with E-state index in [1.165, 1.54) is 0 Å². The maximum atomic E-state index is 11.7. The molecule has 0 atom stereocenters. The molecule has 1 rings (SSSR count). The lowest BCUT2D eigenvalue weighted by molar-refractivity contribution is -0.153. The zero-order valence-electron chi connectivity index (χ0n) is 16.7. The van der Waals surface area contributed by atoms with Crippen LogP contribution >= 0.6 is 0 Å². The second-order valence-electron chi connectivity index (χ2n) is 8.99. The molecule has 0 spiro atoms. The fraction of sp³-hybridized carbons (Fsp3) is 0.947. The van der Waals surface area contributed by atoms with E-state index >= 15 is 0 Å². The second-order valence-corrected chi connectivity index (χ2v) is 8.99. The van der Waals surface area contributed by atoms with Gasteiger partial charge in [-0.25, -0.2) is 0 Å². The van der Waals surface area contributed by atoms with Crippen molar-refractivity contribution in [3.63, 3.8) is 0 Å². The van der Waals surface area contributed by atoms with E-state index in [0.29, 0.717) is 12.0 Å². The van der Waals surface area contributed by atoms with Crippen LogP contribution < -0.4 is 0 Å². The van der Waals surface area contributed by atoms with Gasteiger partial charge in [0.1, 0.15) is 6.61 Å². The minimum Gasteiger partial charge on any atom is -0.464 e. The number of hydrogen-bond acceptors (Lipinski definition) is 5. The predicted octanol–water partition coefficient (Wildman–Crippen LogP) is 2.65. The summed E-state index contributed by atoms with van der Waals surface area (Å²) in [6, 6.07) is 0. The largest absolute Gasteiger partial charge is 0.464 e. The van der Waals surface area contributed by atoms with Gasteiger partial charge < -0.3 is 9.47 Å². The van der Waals surface area contributed by atoms with Crippen LogP contribution in [0.5, 0.6) is 0 Å². The number of esters is 1. The third-order valence-electron chi connectivity index (χ3n) is 4.27. The SMILES string of the molecule is CC(C)(C)CCOCCN1CCN(CCOC(=O)C(C)(C)C)CC1. The molecular weight excluding hydrogens is 304 g/mol. The molecule has 0 aliphatic carbocycles. The molecule has 1 aliphatic heterocycles. The molecule has 0 N–H and O–H groups in total. The third-order valence-corrected chi connectivity index (χ3v) is 4.27. The topological polar surface area (TPSA) is 42.0 Å². The Bertz CT molecular complexity index is 364. The highest BCUT2D eigenvalue weighted by Crippen LogP contribution is 2.18. The zero-order valence-corrected chi connectivity index (χ0v) is 16.7. The first kappa shape index (κ1) is 21.4. The lowest BCUT2D eigenvalue weighted by Crippen LogP contribution is -2.48. The number of ether oxygens (including phenoxy) is 2. The average molecular weight is 343 g/mol. The van der Waals surface area contributed by atoms with Crippen LogP contribution in [0.4, 0.5) is 0 Å². The molecule has 5 nitrogen and oxygen atoms in total. The summed E-state index contributed by atoms with van der Waals surface area (Å²) in [6.45, 7) is 20.6. The fourth-order valence-corrected chi connectivity index (χ4v) is 2.39. The maximum Gasteiger partial charge on any atom is 0.311 e. The number of nitrogens with zero attached hydrogens (tertiary/aromatic N) is 2. The highest BCUT2D eigenvalue weighted by molar-refractivity contribution is 5.75. The summed E-state index contributed by atoms with van der Waals surface area (Å²) in [5.41, 5.74) is -0.0617. The van der Waals surface area contributed by atoms with Crippen LogP contribution in [0.3, 0.4) is 0 Å². The molecule has 0 aromatic rings. The third kappa shape index (κ3) is 9.60. The van der Waals surface area contributed by atoms with Crippen molar-refractivity contribution in [1.29, 1.82) is 0 Å². The van der Waals surface area contributed by atoms with E-state index in [4.69, 9.17) is 9.47 Å². The van der Waals surface area contributed by atoms with Crippen molar-refractivity contribution in [2.45, 2.75) is 48.0 Å². The van der Waals surface area contributed by atoms with Crippen molar-refractivity contribution in [1.82, 2.24) is 9.80 Å². The van der Waals surface area contributed by atoms with Crippen molar-refractivity contribution < 1.29 is 14.3 Å². The number of carbonyl (C=O) groups is 1. The normalized spacial score (nSPS) is 17.9. The van der Waals surface area contributed by atoms with E-state index in [-0.39, 0.29) is 5.97 Å². The Hall–Kier alpha value is -0.650. The Kier molecular flexibility index (Phi) is 8.68. The maximum absolute atomic E-state index is 11.7. The van der Waals surface area contributed by atoms with Gasteiger partial charge in [-0.15, -0.1) is 0 Å². The van der Waals surface area contributed by atoms with Gasteiger partial charge in [-0.1, -0.05) is 20.8 Å². The second kappa shape index (κ2) is 9.73. The van der Waals surface area contributed by atoms with Gasteiger partial charge >= 0.3 is 5.97 Å². The van der Waals surface area contributed by atoms with E-state index < -0.39 is 5.41 Å². The monoisotopic (exact) mass is 342 g/mol. The fourth-order valence-electron chi connectivity index (χ4n) is 2.39. The highest BCUT2D eigenvalue weighted by Gasteiger charge is 2.23. The number of carbonyl (C=O) groups excluding carboxylic acids is 1. The van der Waals surface area contributed by atoms with Gasteiger partial charge in [0.15, 0.2) is 0 Å². The molecule has 0 aromatic heterocycles. The molecule has 142 valence electrons. The van der Waals surface area contributed by atoms with Crippen LogP contribution in [-0.2, 0) is 14.3 Å². The molecule has 1 heterocycles. The lowest BCUT2D eigenvalue weighted by atomic mass is 9.93. The number of piperazine rings is 1. The average Bonchev–Trinajstić information content (AvgIpc) is 2.46. The molecule has 1 fully saturated rings. The van der Waals surface area contributed by atoms with Crippen molar-refractivity contribution >= 4 is 5.97 Å². The Balaban J connectivity index is 2.05. The molecule has 0 saturated carbocycles. The van der Waals surface area contributed by atoms with E-state index in [2.05, 4.69) is 30.6 Å². The molecule has 0 aromatic carbocycles. The Morgan fingerprint density at radius 2 is 1.33 bits per heavy atom. The summed E-state index contributed by atoms with van der Waals surface area (Å²) in [5.74, 6) is -0.117. The van der Waals surface area contributed by atoms with E-state index in [9.17, 15) is 4.79 Å². The van der Waals surface area contributed by atoms with Gasteiger partial charge in [0.25, 0.3) is 0 Å². The summed E-state index contributed by atoms with van der Waals surface area (Å²) in [7, 11) is 0. The minimum atomic E-state index is -0.411. The van der Waals surface area contributed by atoms with E-state index in [1.807, 2.05) is 20.8 Å². The molecule has 5 heteroatoms. The summed E-state index contributed by atoms with van der Waals surface area (Å²) >= 11 is 0. The molecule has 24 heavy (non-hydrogen) atoms.